The minimum Gasteiger partial charge on any atom is -0.277 e. The van der Waals surface area contributed by atoms with Crippen LogP contribution in [-0.4, -0.2) is 19.5 Å². The lowest BCUT2D eigenvalue weighted by molar-refractivity contribution is 0.955. The van der Waals surface area contributed by atoms with E-state index >= 15 is 0 Å². The van der Waals surface area contributed by atoms with E-state index < -0.39 is 0 Å². The van der Waals surface area contributed by atoms with E-state index in [9.17, 15) is 0 Å². The summed E-state index contributed by atoms with van der Waals surface area (Å²) in [6, 6.07) is 74.0. The maximum Gasteiger partial charge on any atom is 0.238 e. The fraction of sp³-hybridized carbons (Fsp3) is 0. The van der Waals surface area contributed by atoms with Crippen molar-refractivity contribution in [2.45, 2.75) is 0 Å². The van der Waals surface area contributed by atoms with E-state index in [1.54, 1.807) is 0 Å². The van der Waals surface area contributed by atoms with Gasteiger partial charge in [-0.2, -0.15) is 9.97 Å². The van der Waals surface area contributed by atoms with Crippen molar-refractivity contribution in [1.82, 2.24) is 19.5 Å². The van der Waals surface area contributed by atoms with Gasteiger partial charge in [0, 0.05) is 53.0 Å². The largest absolute Gasteiger partial charge is 0.277 e. The van der Waals surface area contributed by atoms with Crippen LogP contribution < -0.4 is 0 Å². The highest BCUT2D eigenvalue weighted by molar-refractivity contribution is 7.26. The summed E-state index contributed by atoms with van der Waals surface area (Å²) in [6.07, 6.45) is 0. The first kappa shape index (κ1) is 34.8. The number of benzene rings is 10. The van der Waals surface area contributed by atoms with Gasteiger partial charge in [0.25, 0.3) is 0 Å². The molecule has 0 radical (unpaired) electrons. The molecule has 3 heterocycles. The van der Waals surface area contributed by atoms with Crippen LogP contribution in [0.15, 0.2) is 206 Å². The van der Waals surface area contributed by atoms with Gasteiger partial charge in [0.15, 0.2) is 11.6 Å². The van der Waals surface area contributed by atoms with E-state index in [0.717, 1.165) is 65.8 Å². The van der Waals surface area contributed by atoms with Crippen LogP contribution in [0.2, 0.25) is 0 Å². The average Bonchev–Trinajstić information content (AvgIpc) is 3.90. The lowest BCUT2D eigenvalue weighted by atomic mass is 9.98. The standard InChI is InChI=1S/C57H34N4S/c1-2-11-35(12-3-1)37-21-24-40(25-22-37)55-58-56(43-26-23-36-13-4-5-16-41(36)33-43)60-57(59-55)61-53-45-18-9-7-15-39(45)27-30-48(53)47-20-10-19-46(54(47)61)42-29-31-50-49(34-42)52-44-17-8-6-14-38(44)28-32-51(52)62-50/h1-34H. The van der Waals surface area contributed by atoms with Gasteiger partial charge in [-0.3, -0.25) is 4.57 Å². The highest BCUT2D eigenvalue weighted by Gasteiger charge is 2.23. The molecular formula is C57H34N4S. The maximum absolute atomic E-state index is 5.44. The Balaban J connectivity index is 1.11. The molecule has 0 saturated heterocycles. The van der Waals surface area contributed by atoms with E-state index in [-0.39, 0.29) is 0 Å². The summed E-state index contributed by atoms with van der Waals surface area (Å²) in [6.45, 7) is 0. The molecule has 0 saturated carbocycles. The van der Waals surface area contributed by atoms with Gasteiger partial charge >= 0.3 is 0 Å². The molecule has 0 aliphatic heterocycles. The lowest BCUT2D eigenvalue weighted by Gasteiger charge is -2.14. The average molecular weight is 807 g/mol. The van der Waals surface area contributed by atoms with E-state index in [1.165, 1.54) is 41.9 Å². The van der Waals surface area contributed by atoms with Gasteiger partial charge in [0.2, 0.25) is 5.95 Å². The molecule has 288 valence electrons. The number of para-hydroxylation sites is 1. The van der Waals surface area contributed by atoms with Crippen LogP contribution in [0.5, 0.6) is 0 Å². The lowest BCUT2D eigenvalue weighted by Crippen LogP contribution is -2.07. The van der Waals surface area contributed by atoms with E-state index in [2.05, 4.69) is 205 Å². The number of rotatable bonds is 5. The first-order valence-corrected chi connectivity index (χ1v) is 21.7. The topological polar surface area (TPSA) is 43.6 Å². The molecule has 0 N–H and O–H groups in total. The predicted molar refractivity (Wildman–Crippen MR) is 261 cm³/mol. The molecule has 0 aliphatic carbocycles. The third-order valence-electron chi connectivity index (χ3n) is 12.4. The van der Waals surface area contributed by atoms with E-state index in [0.29, 0.717) is 17.6 Å². The Labute approximate surface area is 360 Å². The van der Waals surface area contributed by atoms with Crippen molar-refractivity contribution in [2.24, 2.45) is 0 Å². The van der Waals surface area contributed by atoms with E-state index in [4.69, 9.17) is 15.0 Å². The molecule has 0 spiro atoms. The van der Waals surface area contributed by atoms with Gasteiger partial charge in [0.05, 0.1) is 11.0 Å². The maximum atomic E-state index is 5.44. The summed E-state index contributed by atoms with van der Waals surface area (Å²) >= 11 is 1.86. The Morgan fingerprint density at radius 3 is 1.74 bits per heavy atom. The minimum absolute atomic E-state index is 0.571. The molecule has 0 bridgehead atoms. The fourth-order valence-electron chi connectivity index (χ4n) is 9.47. The molecule has 0 fully saturated rings. The van der Waals surface area contributed by atoms with Crippen molar-refractivity contribution < 1.29 is 0 Å². The van der Waals surface area contributed by atoms with Crippen LogP contribution in [0.1, 0.15) is 0 Å². The zero-order valence-corrected chi connectivity index (χ0v) is 34.1. The normalized spacial score (nSPS) is 11.9. The van der Waals surface area contributed by atoms with Crippen LogP contribution in [0.4, 0.5) is 0 Å². The molecule has 13 rings (SSSR count). The minimum atomic E-state index is 0.571. The number of hydrogen-bond donors (Lipinski definition) is 0. The highest BCUT2D eigenvalue weighted by Crippen LogP contribution is 2.44. The van der Waals surface area contributed by atoms with Crippen molar-refractivity contribution in [1.29, 1.82) is 0 Å². The van der Waals surface area contributed by atoms with Gasteiger partial charge in [-0.1, -0.05) is 182 Å². The van der Waals surface area contributed by atoms with Crippen LogP contribution in [0.3, 0.4) is 0 Å². The first-order valence-electron chi connectivity index (χ1n) is 20.9. The number of hydrogen-bond acceptors (Lipinski definition) is 4. The van der Waals surface area contributed by atoms with Gasteiger partial charge < -0.3 is 0 Å². The second-order valence-corrected chi connectivity index (χ2v) is 17.1. The zero-order valence-electron chi connectivity index (χ0n) is 33.3. The second kappa shape index (κ2) is 13.8. The number of thiophene rings is 1. The third-order valence-corrected chi connectivity index (χ3v) is 13.6. The Morgan fingerprint density at radius 2 is 0.903 bits per heavy atom. The molecule has 62 heavy (non-hydrogen) atoms. The fourth-order valence-corrected chi connectivity index (χ4v) is 10.6. The molecule has 3 aromatic heterocycles. The Morgan fingerprint density at radius 1 is 0.323 bits per heavy atom. The smallest absolute Gasteiger partial charge is 0.238 e. The monoisotopic (exact) mass is 806 g/mol. The van der Waals surface area contributed by atoms with Crippen molar-refractivity contribution in [3.63, 3.8) is 0 Å². The van der Waals surface area contributed by atoms with Crippen molar-refractivity contribution in [2.75, 3.05) is 0 Å². The molecule has 0 aliphatic rings. The summed E-state index contributed by atoms with van der Waals surface area (Å²) in [4.78, 5) is 16.1. The quantitative estimate of drug-likeness (QED) is 0.174. The van der Waals surface area contributed by atoms with Crippen LogP contribution in [-0.2, 0) is 0 Å². The van der Waals surface area contributed by atoms with Gasteiger partial charge in [-0.25, -0.2) is 4.98 Å². The summed E-state index contributed by atoms with van der Waals surface area (Å²) in [7, 11) is 0. The molecule has 5 heteroatoms. The van der Waals surface area contributed by atoms with E-state index in [1.807, 2.05) is 17.4 Å². The van der Waals surface area contributed by atoms with Crippen LogP contribution in [0.25, 0.3) is 125 Å². The third kappa shape index (κ3) is 5.49. The molecule has 13 aromatic rings. The van der Waals surface area contributed by atoms with Crippen LogP contribution in [0, 0.1) is 0 Å². The number of fused-ring (bicyclic) bond motifs is 11. The van der Waals surface area contributed by atoms with Crippen molar-refractivity contribution in [3.8, 4) is 51.0 Å². The van der Waals surface area contributed by atoms with Crippen LogP contribution >= 0.6 is 11.3 Å². The van der Waals surface area contributed by atoms with Crippen molar-refractivity contribution >= 4 is 85.6 Å². The molecule has 0 amide bonds. The Hall–Kier alpha value is -7.99. The molecule has 0 atom stereocenters. The summed E-state index contributed by atoms with van der Waals surface area (Å²) < 4.78 is 4.88. The molecule has 0 unspecified atom stereocenters. The SMILES string of the molecule is c1ccc(-c2ccc(-c3nc(-c4ccc5ccccc5c4)nc(-n4c5c(-c6ccc7sc8ccc9ccccc9c8c7c6)cccc5c5ccc6ccccc6c54)n3)cc2)cc1. The summed E-state index contributed by atoms with van der Waals surface area (Å²) in [5.41, 5.74) is 8.54. The van der Waals surface area contributed by atoms with Gasteiger partial charge in [0.1, 0.15) is 0 Å². The number of nitrogens with zero attached hydrogens (tertiary/aromatic N) is 4. The zero-order chi connectivity index (χ0) is 40.7. The molecule has 4 nitrogen and oxygen atoms in total. The Kier molecular flexibility index (Phi) is 7.74. The summed E-state index contributed by atoms with van der Waals surface area (Å²) in [5.74, 6) is 1.80. The summed E-state index contributed by atoms with van der Waals surface area (Å²) in [5, 5.41) is 12.0. The second-order valence-electron chi connectivity index (χ2n) is 16.0. The first-order chi connectivity index (χ1) is 30.7. The van der Waals surface area contributed by atoms with Crippen molar-refractivity contribution in [3.05, 3.63) is 206 Å². The highest BCUT2D eigenvalue weighted by atomic mass is 32.1. The van der Waals surface area contributed by atoms with Gasteiger partial charge in [-0.05, 0) is 67.9 Å². The predicted octanol–water partition coefficient (Wildman–Crippen LogP) is 15.5. The van der Waals surface area contributed by atoms with Gasteiger partial charge in [-0.15, -0.1) is 11.3 Å². The molecular weight excluding hydrogens is 773 g/mol. The number of aromatic nitrogens is 4. The Bertz CT molecular complexity index is 3920. The molecule has 10 aromatic carbocycles.